The third-order valence-corrected chi connectivity index (χ3v) is 8.41. The molecule has 35 heavy (non-hydrogen) atoms. The zero-order chi connectivity index (χ0) is 24.4. The van der Waals surface area contributed by atoms with Crippen molar-refractivity contribution in [2.75, 3.05) is 18.4 Å². The van der Waals surface area contributed by atoms with E-state index >= 15 is 0 Å². The lowest BCUT2D eigenvalue weighted by Gasteiger charge is -2.35. The minimum Gasteiger partial charge on any atom is -0.336 e. The second-order valence-corrected chi connectivity index (χ2v) is 11.2. The number of rotatable bonds is 5. The predicted octanol–water partition coefficient (Wildman–Crippen LogP) is 5.52. The van der Waals surface area contributed by atoms with Crippen molar-refractivity contribution in [1.82, 2.24) is 15.5 Å². The van der Waals surface area contributed by atoms with Gasteiger partial charge in [-0.3, -0.25) is 9.69 Å². The number of amides is 3. The fourth-order valence-electron chi connectivity index (χ4n) is 4.76. The molecule has 3 aromatic rings. The molecule has 0 fully saturated rings. The largest absolute Gasteiger partial charge is 0.336 e. The summed E-state index contributed by atoms with van der Waals surface area (Å²) in [6, 6.07) is 14.8. The molecule has 0 saturated heterocycles. The van der Waals surface area contributed by atoms with Crippen LogP contribution in [0.25, 0.3) is 0 Å². The van der Waals surface area contributed by atoms with Crippen LogP contribution < -0.4 is 16.0 Å². The number of benzene rings is 2. The number of thiophene rings is 1. The van der Waals surface area contributed by atoms with E-state index < -0.39 is 6.04 Å². The van der Waals surface area contributed by atoms with Gasteiger partial charge in [0, 0.05) is 39.7 Å². The van der Waals surface area contributed by atoms with E-state index in [0.29, 0.717) is 24.4 Å². The molecule has 0 aliphatic carbocycles. The Balaban J connectivity index is 1.24. The number of halogens is 2. The number of urea groups is 1. The van der Waals surface area contributed by atoms with Gasteiger partial charge in [-0.1, -0.05) is 39.7 Å². The van der Waals surface area contributed by atoms with Gasteiger partial charge in [0.1, 0.15) is 6.04 Å². The van der Waals surface area contributed by atoms with E-state index in [-0.39, 0.29) is 18.0 Å². The third kappa shape index (κ3) is 5.72. The van der Waals surface area contributed by atoms with Crippen LogP contribution in [0.15, 0.2) is 58.4 Å². The van der Waals surface area contributed by atoms with Crippen molar-refractivity contribution in [3.05, 3.63) is 85.0 Å². The Morgan fingerprint density at radius 2 is 2.00 bits per heavy atom. The van der Waals surface area contributed by atoms with Crippen molar-refractivity contribution in [3.63, 3.8) is 0 Å². The lowest BCUT2D eigenvalue weighted by atomic mass is 10.0. The Labute approximate surface area is 222 Å². The topological polar surface area (TPSA) is 73.5 Å². The molecule has 3 amide bonds. The van der Waals surface area contributed by atoms with E-state index in [1.807, 2.05) is 53.8 Å². The average Bonchev–Trinajstić information content (AvgIpc) is 3.26. The molecule has 2 aromatic carbocycles. The molecular formula is C26H26BrClN4O2S. The van der Waals surface area contributed by atoms with Gasteiger partial charge in [-0.05, 0) is 77.7 Å². The smallest absolute Gasteiger partial charge is 0.315 e. The van der Waals surface area contributed by atoms with Crippen molar-refractivity contribution in [2.45, 2.75) is 37.9 Å². The number of nitrogens with one attached hydrogen (secondary N) is 3. The molecule has 2 unspecified atom stereocenters. The van der Waals surface area contributed by atoms with Crippen molar-refractivity contribution < 1.29 is 9.59 Å². The maximum Gasteiger partial charge on any atom is 0.315 e. The normalized spacial score (nSPS) is 18.6. The second kappa shape index (κ2) is 10.7. The van der Waals surface area contributed by atoms with Gasteiger partial charge < -0.3 is 16.0 Å². The standard InChI is InChI=1S/C26H26BrClN4O2S/c27-19-4-8-21-17(13-19)3-7-22(25(33)30-21)31-26(34)29-14-23(16-1-5-20(28)6-2-16)32-11-9-24-18(15-32)10-12-35-24/h1-2,4-6,8,10,12-13,22-23H,3,7,9,11,14-15H2,(H,30,33)(H2,29,31,34). The first-order chi connectivity index (χ1) is 17.0. The molecule has 0 radical (unpaired) electrons. The Bertz CT molecular complexity index is 1230. The number of nitrogens with zero attached hydrogens (tertiary/aromatic N) is 1. The van der Waals surface area contributed by atoms with E-state index in [4.69, 9.17) is 11.6 Å². The number of aryl methyl sites for hydroxylation is 1. The lowest BCUT2D eigenvalue weighted by molar-refractivity contribution is -0.117. The Morgan fingerprint density at radius 3 is 2.83 bits per heavy atom. The first kappa shape index (κ1) is 24.3. The van der Waals surface area contributed by atoms with Gasteiger partial charge in [-0.15, -0.1) is 11.3 Å². The van der Waals surface area contributed by atoms with Crippen LogP contribution in [0, 0.1) is 0 Å². The predicted molar refractivity (Wildman–Crippen MR) is 144 cm³/mol. The van der Waals surface area contributed by atoms with Crippen LogP contribution in [0.1, 0.15) is 34.0 Å². The summed E-state index contributed by atoms with van der Waals surface area (Å²) >= 11 is 11.4. The van der Waals surface area contributed by atoms with Gasteiger partial charge in [0.25, 0.3) is 0 Å². The molecule has 3 heterocycles. The number of anilines is 1. The van der Waals surface area contributed by atoms with Gasteiger partial charge in [0.05, 0.1) is 6.04 Å². The van der Waals surface area contributed by atoms with E-state index in [2.05, 4.69) is 48.2 Å². The van der Waals surface area contributed by atoms with Crippen LogP contribution in [-0.2, 0) is 24.2 Å². The summed E-state index contributed by atoms with van der Waals surface area (Å²) in [4.78, 5) is 29.5. The first-order valence-corrected chi connectivity index (χ1v) is 13.7. The number of hydrogen-bond acceptors (Lipinski definition) is 4. The highest BCUT2D eigenvalue weighted by Crippen LogP contribution is 2.31. The van der Waals surface area contributed by atoms with Gasteiger partial charge in [0.15, 0.2) is 0 Å². The summed E-state index contributed by atoms with van der Waals surface area (Å²) in [6.45, 7) is 2.19. The molecule has 9 heteroatoms. The Kier molecular flexibility index (Phi) is 7.43. The van der Waals surface area contributed by atoms with E-state index in [0.717, 1.165) is 40.8 Å². The molecule has 2 atom stereocenters. The van der Waals surface area contributed by atoms with Crippen molar-refractivity contribution >= 4 is 56.5 Å². The lowest BCUT2D eigenvalue weighted by Crippen LogP contribution is -2.49. The SMILES string of the molecule is O=C(NCC(c1ccc(Cl)cc1)N1CCc2sccc2C1)NC1CCc2cc(Br)ccc2NC1=O. The summed E-state index contributed by atoms with van der Waals surface area (Å²) in [5.74, 6) is -0.198. The van der Waals surface area contributed by atoms with Crippen LogP contribution in [-0.4, -0.2) is 36.0 Å². The Hall–Kier alpha value is -2.39. The van der Waals surface area contributed by atoms with E-state index in [1.54, 1.807) is 0 Å². The van der Waals surface area contributed by atoms with Gasteiger partial charge in [0.2, 0.25) is 5.91 Å². The van der Waals surface area contributed by atoms with Crippen LogP contribution in [0.4, 0.5) is 10.5 Å². The zero-order valence-electron chi connectivity index (χ0n) is 19.0. The van der Waals surface area contributed by atoms with Gasteiger partial charge >= 0.3 is 6.03 Å². The molecule has 1 aromatic heterocycles. The number of carbonyl (C=O) groups is 2. The van der Waals surface area contributed by atoms with Gasteiger partial charge in [-0.25, -0.2) is 4.79 Å². The molecule has 0 bridgehead atoms. The average molecular weight is 574 g/mol. The maximum atomic E-state index is 12.9. The molecule has 6 nitrogen and oxygen atoms in total. The minimum atomic E-state index is -0.599. The highest BCUT2D eigenvalue weighted by molar-refractivity contribution is 9.10. The van der Waals surface area contributed by atoms with Crippen LogP contribution in [0.3, 0.4) is 0 Å². The number of fused-ring (bicyclic) bond motifs is 2. The summed E-state index contributed by atoms with van der Waals surface area (Å²) in [7, 11) is 0. The third-order valence-electron chi connectivity index (χ3n) is 6.64. The summed E-state index contributed by atoms with van der Waals surface area (Å²) in [6.07, 6.45) is 2.24. The Morgan fingerprint density at radius 1 is 1.17 bits per heavy atom. The number of carbonyl (C=O) groups excluding carboxylic acids is 2. The molecule has 5 rings (SSSR count). The van der Waals surface area contributed by atoms with Crippen LogP contribution in [0.2, 0.25) is 5.02 Å². The maximum absolute atomic E-state index is 12.9. The van der Waals surface area contributed by atoms with Crippen molar-refractivity contribution in [2.24, 2.45) is 0 Å². The zero-order valence-corrected chi connectivity index (χ0v) is 22.2. The summed E-state index contributed by atoms with van der Waals surface area (Å²) < 4.78 is 0.968. The first-order valence-electron chi connectivity index (χ1n) is 11.6. The molecule has 0 saturated carbocycles. The fourth-order valence-corrected chi connectivity index (χ4v) is 6.18. The quantitative estimate of drug-likeness (QED) is 0.377. The molecule has 182 valence electrons. The van der Waals surface area contributed by atoms with Crippen LogP contribution in [0.5, 0.6) is 0 Å². The summed E-state index contributed by atoms with van der Waals surface area (Å²) in [5.41, 5.74) is 4.30. The monoisotopic (exact) mass is 572 g/mol. The van der Waals surface area contributed by atoms with Crippen molar-refractivity contribution in [1.29, 1.82) is 0 Å². The van der Waals surface area contributed by atoms with E-state index in [1.165, 1.54) is 10.4 Å². The molecule has 0 spiro atoms. The highest BCUT2D eigenvalue weighted by Gasteiger charge is 2.28. The second-order valence-electron chi connectivity index (χ2n) is 8.89. The highest BCUT2D eigenvalue weighted by atomic mass is 79.9. The molecule has 2 aliphatic rings. The molecule has 2 aliphatic heterocycles. The number of hydrogen-bond donors (Lipinski definition) is 3. The summed E-state index contributed by atoms with van der Waals surface area (Å²) in [5, 5.41) is 11.7. The molecular weight excluding hydrogens is 548 g/mol. The minimum absolute atomic E-state index is 0.00404. The molecule has 3 N–H and O–H groups in total. The van der Waals surface area contributed by atoms with Gasteiger partial charge in [-0.2, -0.15) is 0 Å². The van der Waals surface area contributed by atoms with Crippen molar-refractivity contribution in [3.8, 4) is 0 Å². The fraction of sp³-hybridized carbons (Fsp3) is 0.308. The van der Waals surface area contributed by atoms with Crippen LogP contribution >= 0.6 is 38.9 Å². The van der Waals surface area contributed by atoms with E-state index in [9.17, 15) is 9.59 Å².